The number of hydrogen-bond donors (Lipinski definition) is 1. The lowest BCUT2D eigenvalue weighted by molar-refractivity contribution is -0.146. The number of likely N-dealkylation sites (tertiary alicyclic amines) is 1. The molecule has 36 heavy (non-hydrogen) atoms. The monoisotopic (exact) mass is 491 g/mol. The number of rotatable bonds is 9. The lowest BCUT2D eigenvalue weighted by Crippen LogP contribution is -2.55. The topological polar surface area (TPSA) is 79.4 Å². The summed E-state index contributed by atoms with van der Waals surface area (Å²) in [6.07, 6.45) is 5.55. The first-order valence-corrected chi connectivity index (χ1v) is 13.0. The summed E-state index contributed by atoms with van der Waals surface area (Å²) in [4.78, 5) is 45.1. The highest BCUT2D eigenvalue weighted by atomic mass is 16.2. The molecule has 6 heteroatoms. The van der Waals surface area contributed by atoms with E-state index in [1.54, 1.807) is 11.1 Å². The standard InChI is InChI=1S/C30H41N3O3/c1-19(2)13-26(33-18-30(6,7)12-11-27(33)35)29(36)32-25(14-22(5)34)23-15-24(17-31-16-23)28-20(3)9-8-10-21(28)4/h8-10,15-17,19,25-26H,11-14,18H2,1-7H3,(H,32,36)/t25-,26+/m0/s1. The van der Waals surface area contributed by atoms with Crippen molar-refractivity contribution in [3.8, 4) is 11.1 Å². The number of pyridine rings is 1. The molecule has 1 saturated heterocycles. The fourth-order valence-electron chi connectivity index (χ4n) is 5.19. The molecule has 0 unspecified atom stereocenters. The number of nitrogens with one attached hydrogen (secondary N) is 1. The Balaban J connectivity index is 1.94. The van der Waals surface area contributed by atoms with Gasteiger partial charge in [-0.15, -0.1) is 0 Å². The molecule has 3 rings (SSSR count). The van der Waals surface area contributed by atoms with E-state index >= 15 is 0 Å². The molecule has 1 aromatic carbocycles. The van der Waals surface area contributed by atoms with Crippen molar-refractivity contribution in [2.24, 2.45) is 11.3 Å². The van der Waals surface area contributed by atoms with Crippen LogP contribution in [0.4, 0.5) is 0 Å². The summed E-state index contributed by atoms with van der Waals surface area (Å²) in [5, 5.41) is 3.13. The predicted octanol–water partition coefficient (Wildman–Crippen LogP) is 5.57. The summed E-state index contributed by atoms with van der Waals surface area (Å²) in [6.45, 7) is 14.6. The average Bonchev–Trinajstić information content (AvgIpc) is 2.78. The number of hydrogen-bond acceptors (Lipinski definition) is 4. The van der Waals surface area contributed by atoms with Crippen molar-refractivity contribution in [2.45, 2.75) is 86.2 Å². The molecule has 0 bridgehead atoms. The van der Waals surface area contributed by atoms with E-state index in [-0.39, 0.29) is 35.4 Å². The molecule has 0 aliphatic carbocycles. The van der Waals surface area contributed by atoms with Crippen LogP contribution in [0, 0.1) is 25.2 Å². The van der Waals surface area contributed by atoms with Crippen molar-refractivity contribution in [3.63, 3.8) is 0 Å². The summed E-state index contributed by atoms with van der Waals surface area (Å²) in [5.41, 5.74) is 5.10. The van der Waals surface area contributed by atoms with Crippen molar-refractivity contribution in [2.75, 3.05) is 6.54 Å². The van der Waals surface area contributed by atoms with Gasteiger partial charge in [-0.25, -0.2) is 0 Å². The van der Waals surface area contributed by atoms with Gasteiger partial charge >= 0.3 is 0 Å². The van der Waals surface area contributed by atoms with E-state index in [1.165, 1.54) is 6.92 Å². The van der Waals surface area contributed by atoms with E-state index in [4.69, 9.17) is 0 Å². The molecule has 2 heterocycles. The molecule has 1 aliphatic rings. The minimum absolute atomic E-state index is 0.0200. The number of carbonyl (C=O) groups excluding carboxylic acids is 3. The average molecular weight is 492 g/mol. The van der Waals surface area contributed by atoms with Crippen LogP contribution in [-0.4, -0.2) is 40.1 Å². The van der Waals surface area contributed by atoms with Crippen molar-refractivity contribution in [3.05, 3.63) is 53.3 Å². The van der Waals surface area contributed by atoms with E-state index in [0.29, 0.717) is 19.4 Å². The van der Waals surface area contributed by atoms with E-state index in [2.05, 4.69) is 64.0 Å². The second-order valence-corrected chi connectivity index (χ2v) is 11.6. The van der Waals surface area contributed by atoms with E-state index in [9.17, 15) is 14.4 Å². The van der Waals surface area contributed by atoms with Gasteiger partial charge in [0.15, 0.2) is 0 Å². The summed E-state index contributed by atoms with van der Waals surface area (Å²) in [5.74, 6) is 0.0302. The Kier molecular flexibility index (Phi) is 8.70. The van der Waals surface area contributed by atoms with Crippen molar-refractivity contribution in [1.82, 2.24) is 15.2 Å². The highest BCUT2D eigenvalue weighted by Gasteiger charge is 2.38. The van der Waals surface area contributed by atoms with Crippen LogP contribution in [0.5, 0.6) is 0 Å². The van der Waals surface area contributed by atoms with E-state index in [0.717, 1.165) is 34.2 Å². The number of ketones is 1. The number of nitrogens with zero attached hydrogens (tertiary/aromatic N) is 2. The molecule has 2 atom stereocenters. The van der Waals surface area contributed by atoms with Gasteiger partial charge in [-0.2, -0.15) is 0 Å². The van der Waals surface area contributed by atoms with Gasteiger partial charge in [0.25, 0.3) is 0 Å². The Morgan fingerprint density at radius 1 is 1.14 bits per heavy atom. The first-order valence-electron chi connectivity index (χ1n) is 13.0. The van der Waals surface area contributed by atoms with Gasteiger partial charge in [0.2, 0.25) is 11.8 Å². The third-order valence-electron chi connectivity index (χ3n) is 7.05. The van der Waals surface area contributed by atoms with Crippen LogP contribution in [0.1, 0.15) is 83.0 Å². The number of aryl methyl sites for hydroxylation is 2. The normalized spacial score (nSPS) is 17.1. The Labute approximate surface area is 215 Å². The zero-order valence-corrected chi connectivity index (χ0v) is 22.9. The van der Waals surface area contributed by atoms with Crippen LogP contribution in [0.15, 0.2) is 36.7 Å². The maximum Gasteiger partial charge on any atom is 0.243 e. The highest BCUT2D eigenvalue weighted by molar-refractivity contribution is 5.89. The zero-order chi connectivity index (χ0) is 26.6. The molecule has 0 radical (unpaired) electrons. The quantitative estimate of drug-likeness (QED) is 0.498. The van der Waals surface area contributed by atoms with Gasteiger partial charge in [0.05, 0.1) is 6.04 Å². The second kappa shape index (κ2) is 11.4. The third-order valence-corrected chi connectivity index (χ3v) is 7.05. The lowest BCUT2D eigenvalue weighted by atomic mass is 9.82. The molecule has 1 N–H and O–H groups in total. The third kappa shape index (κ3) is 6.80. The van der Waals surface area contributed by atoms with Crippen LogP contribution in [0.25, 0.3) is 11.1 Å². The van der Waals surface area contributed by atoms with Gasteiger partial charge in [0.1, 0.15) is 11.8 Å². The molecular formula is C30H41N3O3. The Hall–Kier alpha value is -3.02. The Bertz CT molecular complexity index is 1100. The molecule has 6 nitrogen and oxygen atoms in total. The molecule has 194 valence electrons. The van der Waals surface area contributed by atoms with Crippen LogP contribution in [0.3, 0.4) is 0 Å². The molecule has 2 aromatic rings. The van der Waals surface area contributed by atoms with Crippen molar-refractivity contribution >= 4 is 17.6 Å². The SMILES string of the molecule is CC(=O)C[C@H](NC(=O)[C@@H](CC(C)C)N1CC(C)(C)CCC1=O)c1cncc(-c2c(C)cccc2C)c1. The summed E-state index contributed by atoms with van der Waals surface area (Å²) in [7, 11) is 0. The van der Waals surface area contributed by atoms with Crippen LogP contribution < -0.4 is 5.32 Å². The minimum atomic E-state index is -0.568. The first kappa shape index (κ1) is 27.6. The highest BCUT2D eigenvalue weighted by Crippen LogP contribution is 2.33. The Morgan fingerprint density at radius 2 is 1.81 bits per heavy atom. The largest absolute Gasteiger partial charge is 0.347 e. The molecule has 1 aliphatic heterocycles. The smallest absolute Gasteiger partial charge is 0.243 e. The fourth-order valence-corrected chi connectivity index (χ4v) is 5.19. The molecular weight excluding hydrogens is 450 g/mol. The van der Waals surface area contributed by atoms with Gasteiger partial charge in [-0.05, 0) is 73.3 Å². The zero-order valence-electron chi connectivity index (χ0n) is 22.9. The summed E-state index contributed by atoms with van der Waals surface area (Å²) < 4.78 is 0. The maximum atomic E-state index is 13.7. The number of aromatic nitrogens is 1. The van der Waals surface area contributed by atoms with Gasteiger partial charge in [0, 0.05) is 37.3 Å². The Morgan fingerprint density at radius 3 is 2.42 bits per heavy atom. The molecule has 0 spiro atoms. The lowest BCUT2D eigenvalue weighted by Gasteiger charge is -2.42. The summed E-state index contributed by atoms with van der Waals surface area (Å²) >= 11 is 0. The van der Waals surface area contributed by atoms with Crippen molar-refractivity contribution < 1.29 is 14.4 Å². The predicted molar refractivity (Wildman–Crippen MR) is 143 cm³/mol. The van der Waals surface area contributed by atoms with Gasteiger partial charge in [-0.1, -0.05) is 45.9 Å². The van der Waals surface area contributed by atoms with Crippen LogP contribution in [0.2, 0.25) is 0 Å². The number of benzene rings is 1. The first-order chi connectivity index (χ1) is 16.9. The molecule has 2 amide bonds. The van der Waals surface area contributed by atoms with Crippen LogP contribution >= 0.6 is 0 Å². The number of carbonyl (C=O) groups is 3. The van der Waals surface area contributed by atoms with Crippen LogP contribution in [-0.2, 0) is 14.4 Å². The van der Waals surface area contributed by atoms with Crippen molar-refractivity contribution in [1.29, 1.82) is 0 Å². The van der Waals surface area contributed by atoms with Gasteiger partial charge < -0.3 is 10.2 Å². The van der Waals surface area contributed by atoms with E-state index < -0.39 is 12.1 Å². The minimum Gasteiger partial charge on any atom is -0.347 e. The van der Waals surface area contributed by atoms with E-state index in [1.807, 2.05) is 18.3 Å². The van der Waals surface area contributed by atoms with Gasteiger partial charge in [-0.3, -0.25) is 19.4 Å². The molecule has 0 saturated carbocycles. The fraction of sp³-hybridized carbons (Fsp3) is 0.533. The molecule has 1 aromatic heterocycles. The number of Topliss-reactive ketones (excluding diaryl/α,β-unsaturated/α-hetero) is 1. The number of piperidine rings is 1. The molecule has 1 fully saturated rings. The maximum absolute atomic E-state index is 13.7. The summed E-state index contributed by atoms with van der Waals surface area (Å²) in [6, 6.07) is 7.09. The number of amides is 2. The second-order valence-electron chi connectivity index (χ2n) is 11.6.